The maximum atomic E-state index is 6.60. The Morgan fingerprint density at radius 3 is 1.26 bits per heavy atom. The Morgan fingerprint density at radius 1 is 0.262 bits per heavy atom. The van der Waals surface area contributed by atoms with Crippen molar-refractivity contribution in [2.45, 2.75) is 0 Å². The van der Waals surface area contributed by atoms with Crippen LogP contribution in [0.3, 0.4) is 0 Å². The second kappa shape index (κ2) is 14.3. The third kappa shape index (κ3) is 5.98. The normalized spacial score (nSPS) is 11.6. The summed E-state index contributed by atoms with van der Waals surface area (Å²) in [6.45, 7) is 0. The number of nitrogens with zero attached hydrogens (tertiary/aromatic N) is 2. The third-order valence-electron chi connectivity index (χ3n) is 12.1. The van der Waals surface area contributed by atoms with Crippen molar-refractivity contribution < 1.29 is 4.42 Å². The van der Waals surface area contributed by atoms with Crippen molar-refractivity contribution in [1.29, 1.82) is 0 Å². The van der Waals surface area contributed by atoms with Crippen LogP contribution in [0.5, 0.6) is 0 Å². The van der Waals surface area contributed by atoms with Gasteiger partial charge in [0.1, 0.15) is 5.52 Å². The van der Waals surface area contributed by atoms with Gasteiger partial charge < -0.3 is 4.42 Å². The highest BCUT2D eigenvalue weighted by Crippen LogP contribution is 2.42. The Bertz CT molecular complexity index is 3520. The monoisotopic (exact) mass is 776 g/mol. The summed E-state index contributed by atoms with van der Waals surface area (Å²) in [6.07, 6.45) is 0. The smallest absolute Gasteiger partial charge is 0.227 e. The Balaban J connectivity index is 1.01. The molecule has 2 aromatic heterocycles. The molecule has 0 aliphatic carbocycles. The van der Waals surface area contributed by atoms with E-state index in [0.717, 1.165) is 71.5 Å². The molecule has 0 saturated carbocycles. The quantitative estimate of drug-likeness (QED) is 0.158. The summed E-state index contributed by atoms with van der Waals surface area (Å²) in [6, 6.07) is 77.6. The van der Waals surface area contributed by atoms with Gasteiger partial charge in [-0.1, -0.05) is 194 Å². The van der Waals surface area contributed by atoms with Gasteiger partial charge in [0.05, 0.1) is 11.2 Å². The van der Waals surface area contributed by atoms with E-state index in [1.165, 1.54) is 44.2 Å². The van der Waals surface area contributed by atoms with E-state index in [4.69, 9.17) is 14.4 Å². The SMILES string of the molecule is c1ccc(-c2ccc(-c3cc4c(-c5ccc(-c6ccccc6)cc5)cc(-c5ccc(-c6nc7c8ccccc8c8ccccc8c7o6)cc5)nc4c4ccccc34)cc2)cc1. The number of rotatable bonds is 6. The van der Waals surface area contributed by atoms with Crippen LogP contribution < -0.4 is 0 Å². The van der Waals surface area contributed by atoms with Crippen LogP contribution in [0.2, 0.25) is 0 Å². The standard InChI is InChI=1S/C58H36N2O/c1-3-13-37(14-4-1)39-23-27-41(28-24-39)51-35-53-52(42-29-25-40(26-30-42)38-15-5-2-6-16-38)36-54(59-55(53)48-20-10-8-19-47(48)51)43-31-33-44(34-32-43)58-60-56-49-21-11-7-17-45(49)46-18-9-12-22-50(46)57(56)61-58/h1-36H. The number of pyridine rings is 1. The molecule has 0 saturated heterocycles. The predicted octanol–water partition coefficient (Wildman–Crippen LogP) is 15.8. The Kier molecular flexibility index (Phi) is 8.17. The van der Waals surface area contributed by atoms with Gasteiger partial charge in [0.2, 0.25) is 5.89 Å². The summed E-state index contributed by atoms with van der Waals surface area (Å²) in [7, 11) is 0. The molecule has 3 heteroatoms. The Morgan fingerprint density at radius 2 is 0.672 bits per heavy atom. The van der Waals surface area contributed by atoms with Crippen molar-refractivity contribution in [2.75, 3.05) is 0 Å². The maximum absolute atomic E-state index is 6.60. The van der Waals surface area contributed by atoms with Crippen LogP contribution in [0.25, 0.3) is 122 Å². The van der Waals surface area contributed by atoms with Gasteiger partial charge in [0, 0.05) is 32.7 Å². The maximum Gasteiger partial charge on any atom is 0.227 e. The van der Waals surface area contributed by atoms with E-state index >= 15 is 0 Å². The molecule has 0 spiro atoms. The van der Waals surface area contributed by atoms with Crippen molar-refractivity contribution in [3.05, 3.63) is 218 Å². The number of hydrogen-bond donors (Lipinski definition) is 0. The molecule has 0 bridgehead atoms. The molecule has 0 aliphatic heterocycles. The highest BCUT2D eigenvalue weighted by Gasteiger charge is 2.19. The first-order valence-corrected chi connectivity index (χ1v) is 20.7. The van der Waals surface area contributed by atoms with Gasteiger partial charge in [0.15, 0.2) is 5.58 Å². The lowest BCUT2D eigenvalue weighted by atomic mass is 9.90. The van der Waals surface area contributed by atoms with Crippen LogP contribution in [0.1, 0.15) is 0 Å². The van der Waals surface area contributed by atoms with Gasteiger partial charge in [0.25, 0.3) is 0 Å². The first kappa shape index (κ1) is 34.9. The van der Waals surface area contributed by atoms with Gasteiger partial charge in [-0.2, -0.15) is 0 Å². The van der Waals surface area contributed by atoms with Crippen molar-refractivity contribution in [3.63, 3.8) is 0 Å². The number of benzene rings is 10. The number of hydrogen-bond acceptors (Lipinski definition) is 3. The average Bonchev–Trinajstić information content (AvgIpc) is 3.81. The zero-order valence-corrected chi connectivity index (χ0v) is 33.1. The minimum Gasteiger partial charge on any atom is -0.435 e. The second-order valence-electron chi connectivity index (χ2n) is 15.7. The summed E-state index contributed by atoms with van der Waals surface area (Å²) in [5, 5.41) is 7.89. The fourth-order valence-corrected chi connectivity index (χ4v) is 9.06. The zero-order valence-electron chi connectivity index (χ0n) is 33.1. The molecule has 0 fully saturated rings. The summed E-state index contributed by atoms with van der Waals surface area (Å²) in [5.41, 5.74) is 14.9. The van der Waals surface area contributed by atoms with Gasteiger partial charge >= 0.3 is 0 Å². The summed E-state index contributed by atoms with van der Waals surface area (Å²) in [5.74, 6) is 0.601. The van der Waals surface area contributed by atoms with Crippen molar-refractivity contribution >= 4 is 54.3 Å². The van der Waals surface area contributed by atoms with Crippen molar-refractivity contribution in [3.8, 4) is 67.2 Å². The first-order chi connectivity index (χ1) is 30.2. The van der Waals surface area contributed by atoms with Gasteiger partial charge in [-0.05, 0) is 84.9 Å². The van der Waals surface area contributed by atoms with Crippen LogP contribution in [0.4, 0.5) is 0 Å². The second-order valence-corrected chi connectivity index (χ2v) is 15.7. The number of fused-ring (bicyclic) bond motifs is 9. The highest BCUT2D eigenvalue weighted by molar-refractivity contribution is 6.23. The van der Waals surface area contributed by atoms with Crippen LogP contribution >= 0.6 is 0 Å². The van der Waals surface area contributed by atoms with E-state index in [1.807, 2.05) is 0 Å². The molecule has 10 aromatic carbocycles. The zero-order chi connectivity index (χ0) is 40.3. The first-order valence-electron chi connectivity index (χ1n) is 20.7. The Labute approximate surface area is 352 Å². The molecule has 0 atom stereocenters. The number of aromatic nitrogens is 2. The third-order valence-corrected chi connectivity index (χ3v) is 12.1. The molecular formula is C58H36N2O. The molecule has 2 heterocycles. The average molecular weight is 777 g/mol. The summed E-state index contributed by atoms with van der Waals surface area (Å²) in [4.78, 5) is 10.6. The molecular weight excluding hydrogens is 741 g/mol. The predicted molar refractivity (Wildman–Crippen MR) is 254 cm³/mol. The van der Waals surface area contributed by atoms with E-state index in [-0.39, 0.29) is 0 Å². The molecule has 12 aromatic rings. The highest BCUT2D eigenvalue weighted by atomic mass is 16.3. The van der Waals surface area contributed by atoms with Crippen LogP contribution in [0, 0.1) is 0 Å². The van der Waals surface area contributed by atoms with E-state index in [1.54, 1.807) is 0 Å². The topological polar surface area (TPSA) is 38.9 Å². The van der Waals surface area contributed by atoms with Gasteiger partial charge in [-0.3, -0.25) is 0 Å². The van der Waals surface area contributed by atoms with Crippen molar-refractivity contribution in [1.82, 2.24) is 9.97 Å². The lowest BCUT2D eigenvalue weighted by Gasteiger charge is -2.16. The minimum atomic E-state index is 0.601. The number of oxazole rings is 1. The van der Waals surface area contributed by atoms with Crippen molar-refractivity contribution in [2.24, 2.45) is 0 Å². The van der Waals surface area contributed by atoms with E-state index in [2.05, 4.69) is 218 Å². The van der Waals surface area contributed by atoms with Crippen LogP contribution in [-0.2, 0) is 0 Å². The lowest BCUT2D eigenvalue weighted by Crippen LogP contribution is -1.93. The fraction of sp³-hybridized carbons (Fsp3) is 0. The van der Waals surface area contributed by atoms with E-state index < -0.39 is 0 Å². The Hall–Kier alpha value is -8.14. The molecule has 0 radical (unpaired) electrons. The van der Waals surface area contributed by atoms with E-state index in [0.29, 0.717) is 5.89 Å². The summed E-state index contributed by atoms with van der Waals surface area (Å²) >= 11 is 0. The van der Waals surface area contributed by atoms with E-state index in [9.17, 15) is 0 Å². The van der Waals surface area contributed by atoms with Gasteiger partial charge in [-0.25, -0.2) is 9.97 Å². The lowest BCUT2D eigenvalue weighted by molar-refractivity contribution is 0.623. The molecule has 0 amide bonds. The summed E-state index contributed by atoms with van der Waals surface area (Å²) < 4.78 is 6.60. The molecule has 61 heavy (non-hydrogen) atoms. The molecule has 0 aliphatic rings. The molecule has 284 valence electrons. The molecule has 3 nitrogen and oxygen atoms in total. The van der Waals surface area contributed by atoms with Crippen LogP contribution in [0.15, 0.2) is 223 Å². The van der Waals surface area contributed by atoms with Crippen LogP contribution in [-0.4, -0.2) is 9.97 Å². The molecule has 0 N–H and O–H groups in total. The largest absolute Gasteiger partial charge is 0.435 e. The minimum absolute atomic E-state index is 0.601. The van der Waals surface area contributed by atoms with Gasteiger partial charge in [-0.15, -0.1) is 0 Å². The fourth-order valence-electron chi connectivity index (χ4n) is 9.06. The molecule has 12 rings (SSSR count). The molecule has 0 unspecified atom stereocenters.